The molecule has 0 fully saturated rings. The fourth-order valence-corrected chi connectivity index (χ4v) is 4.32. The van der Waals surface area contributed by atoms with Gasteiger partial charge in [0.15, 0.2) is 5.43 Å². The summed E-state index contributed by atoms with van der Waals surface area (Å²) in [4.78, 5) is 28.6. The second-order valence-electron chi connectivity index (χ2n) is 7.71. The Labute approximate surface area is 186 Å². The topological polar surface area (TPSA) is 50.5 Å². The number of hydrogen-bond donors (Lipinski definition) is 0. The molecule has 6 heteroatoms. The minimum absolute atomic E-state index is 0.0259. The number of fused-ring (bicyclic) bond motifs is 2. The van der Waals surface area contributed by atoms with Gasteiger partial charge in [-0.25, -0.2) is 4.39 Å². The van der Waals surface area contributed by atoms with Crippen LogP contribution in [-0.2, 0) is 0 Å². The van der Waals surface area contributed by atoms with Gasteiger partial charge in [0.05, 0.1) is 17.0 Å². The first-order chi connectivity index (χ1) is 14.8. The maximum Gasteiger partial charge on any atom is 0.295 e. The Balaban J connectivity index is 1.82. The van der Waals surface area contributed by atoms with Gasteiger partial charge < -0.3 is 4.42 Å². The monoisotopic (exact) mass is 477 g/mol. The standard InChI is InChI=1S/C25H17BrFNO3/c1-13-11-19-20(12-14(13)2)31-24-21(23(19)29)22(15-3-5-16(26)6-4-15)28(25(24)30)18-9-7-17(27)8-10-18/h3-12,22H,1-2H3. The van der Waals surface area contributed by atoms with Gasteiger partial charge in [0.2, 0.25) is 5.76 Å². The predicted molar refractivity (Wildman–Crippen MR) is 121 cm³/mol. The highest BCUT2D eigenvalue weighted by atomic mass is 79.9. The number of aryl methyl sites for hydroxylation is 2. The summed E-state index contributed by atoms with van der Waals surface area (Å²) < 4.78 is 20.4. The van der Waals surface area contributed by atoms with Crippen LogP contribution in [0.15, 0.2) is 74.3 Å². The Morgan fingerprint density at radius 3 is 2.26 bits per heavy atom. The molecule has 0 N–H and O–H groups in total. The molecule has 3 aromatic carbocycles. The molecule has 0 aliphatic carbocycles. The molecule has 4 aromatic rings. The molecule has 0 saturated heterocycles. The number of carbonyl (C=O) groups excluding carboxylic acids is 1. The molecule has 1 amide bonds. The van der Waals surface area contributed by atoms with Crippen LogP contribution in [0, 0.1) is 19.7 Å². The van der Waals surface area contributed by atoms with Crippen molar-refractivity contribution in [1.29, 1.82) is 0 Å². The van der Waals surface area contributed by atoms with Crippen molar-refractivity contribution in [2.45, 2.75) is 19.9 Å². The van der Waals surface area contributed by atoms with Crippen LogP contribution < -0.4 is 10.3 Å². The summed E-state index contributed by atoms with van der Waals surface area (Å²) in [6.07, 6.45) is 0. The molecular formula is C25H17BrFNO3. The largest absolute Gasteiger partial charge is 0.450 e. The third-order valence-electron chi connectivity index (χ3n) is 5.78. The summed E-state index contributed by atoms with van der Waals surface area (Å²) in [5.74, 6) is -0.802. The predicted octanol–water partition coefficient (Wildman–Crippen LogP) is 6.06. The minimum atomic E-state index is -0.677. The smallest absolute Gasteiger partial charge is 0.295 e. The Kier molecular flexibility index (Phi) is 4.55. The van der Waals surface area contributed by atoms with Crippen LogP contribution in [0.3, 0.4) is 0 Å². The molecule has 0 radical (unpaired) electrons. The average Bonchev–Trinajstić information content (AvgIpc) is 3.04. The van der Waals surface area contributed by atoms with Crippen LogP contribution in [0.4, 0.5) is 10.1 Å². The number of benzene rings is 3. The van der Waals surface area contributed by atoms with Crippen molar-refractivity contribution < 1.29 is 13.6 Å². The lowest BCUT2D eigenvalue weighted by Gasteiger charge is -2.25. The average molecular weight is 478 g/mol. The van der Waals surface area contributed by atoms with Crippen LogP contribution in [-0.4, -0.2) is 5.91 Å². The summed E-state index contributed by atoms with van der Waals surface area (Å²) >= 11 is 3.42. The minimum Gasteiger partial charge on any atom is -0.450 e. The summed E-state index contributed by atoms with van der Waals surface area (Å²) in [7, 11) is 0. The Morgan fingerprint density at radius 2 is 1.58 bits per heavy atom. The number of hydrogen-bond acceptors (Lipinski definition) is 3. The van der Waals surface area contributed by atoms with Crippen molar-refractivity contribution in [3.63, 3.8) is 0 Å². The zero-order valence-electron chi connectivity index (χ0n) is 16.8. The molecule has 0 spiro atoms. The van der Waals surface area contributed by atoms with E-state index in [0.717, 1.165) is 21.2 Å². The number of rotatable bonds is 2. The van der Waals surface area contributed by atoms with E-state index in [4.69, 9.17) is 4.42 Å². The van der Waals surface area contributed by atoms with Gasteiger partial charge in [-0.1, -0.05) is 28.1 Å². The second-order valence-corrected chi connectivity index (χ2v) is 8.63. The first-order valence-corrected chi connectivity index (χ1v) is 10.6. The van der Waals surface area contributed by atoms with E-state index in [0.29, 0.717) is 22.2 Å². The summed E-state index contributed by atoms with van der Waals surface area (Å²) in [5.41, 5.74) is 3.64. The molecule has 4 nitrogen and oxygen atoms in total. The van der Waals surface area contributed by atoms with Gasteiger partial charge in [0.25, 0.3) is 5.91 Å². The molecule has 0 bridgehead atoms. The normalized spacial score (nSPS) is 15.5. The lowest BCUT2D eigenvalue weighted by Crippen LogP contribution is -2.29. The van der Waals surface area contributed by atoms with Gasteiger partial charge in [-0.2, -0.15) is 0 Å². The van der Waals surface area contributed by atoms with Gasteiger partial charge in [0, 0.05) is 10.2 Å². The summed E-state index contributed by atoms with van der Waals surface area (Å²) in [6.45, 7) is 3.86. The zero-order valence-corrected chi connectivity index (χ0v) is 18.4. The lowest BCUT2D eigenvalue weighted by molar-refractivity contribution is 0.0971. The highest BCUT2D eigenvalue weighted by Gasteiger charge is 2.43. The SMILES string of the molecule is Cc1cc2oc3c(c(=O)c2cc1C)C(c1ccc(Br)cc1)N(c1ccc(F)cc1)C3=O. The summed E-state index contributed by atoms with van der Waals surface area (Å²) in [6, 6.07) is 16.0. The molecule has 1 aliphatic heterocycles. The Morgan fingerprint density at radius 1 is 0.935 bits per heavy atom. The molecule has 1 aliphatic rings. The van der Waals surface area contributed by atoms with Crippen LogP contribution >= 0.6 is 15.9 Å². The maximum absolute atomic E-state index is 13.6. The fraction of sp³-hybridized carbons (Fsp3) is 0.120. The van der Waals surface area contributed by atoms with Gasteiger partial charge >= 0.3 is 0 Å². The van der Waals surface area contributed by atoms with Crippen molar-refractivity contribution in [1.82, 2.24) is 0 Å². The lowest BCUT2D eigenvalue weighted by atomic mass is 9.97. The second kappa shape index (κ2) is 7.17. The highest BCUT2D eigenvalue weighted by Crippen LogP contribution is 2.41. The van der Waals surface area contributed by atoms with Crippen molar-refractivity contribution in [3.05, 3.63) is 109 Å². The number of carbonyl (C=O) groups is 1. The van der Waals surface area contributed by atoms with Crippen LogP contribution in [0.25, 0.3) is 11.0 Å². The molecule has 0 saturated carbocycles. The van der Waals surface area contributed by atoms with E-state index in [9.17, 15) is 14.0 Å². The highest BCUT2D eigenvalue weighted by molar-refractivity contribution is 9.10. The molecule has 1 aromatic heterocycles. The van der Waals surface area contributed by atoms with Crippen molar-refractivity contribution in [2.75, 3.05) is 4.90 Å². The van der Waals surface area contributed by atoms with E-state index in [1.807, 2.05) is 38.1 Å². The van der Waals surface area contributed by atoms with Crippen molar-refractivity contribution >= 4 is 38.5 Å². The molecule has 1 unspecified atom stereocenters. The van der Waals surface area contributed by atoms with E-state index in [1.54, 1.807) is 12.1 Å². The molecular weight excluding hydrogens is 461 g/mol. The number of halogens is 2. The quantitative estimate of drug-likeness (QED) is 0.352. The Bertz CT molecular complexity index is 1410. The van der Waals surface area contributed by atoms with Crippen LogP contribution in [0.2, 0.25) is 0 Å². The molecule has 154 valence electrons. The van der Waals surface area contributed by atoms with E-state index >= 15 is 0 Å². The first kappa shape index (κ1) is 19.7. The van der Waals surface area contributed by atoms with Gasteiger partial charge in [-0.3, -0.25) is 14.5 Å². The third-order valence-corrected chi connectivity index (χ3v) is 6.31. The van der Waals surface area contributed by atoms with Crippen LogP contribution in [0.5, 0.6) is 0 Å². The Hall–Kier alpha value is -3.25. The van der Waals surface area contributed by atoms with E-state index in [-0.39, 0.29) is 11.2 Å². The number of nitrogens with zero attached hydrogens (tertiary/aromatic N) is 1. The van der Waals surface area contributed by atoms with Crippen molar-refractivity contribution in [2.24, 2.45) is 0 Å². The third kappa shape index (κ3) is 3.10. The van der Waals surface area contributed by atoms with E-state index < -0.39 is 17.8 Å². The summed E-state index contributed by atoms with van der Waals surface area (Å²) in [5, 5.41) is 0.442. The van der Waals surface area contributed by atoms with Gasteiger partial charge in [-0.05, 0) is 79.1 Å². The van der Waals surface area contributed by atoms with Crippen molar-refractivity contribution in [3.8, 4) is 0 Å². The molecule has 1 atom stereocenters. The van der Waals surface area contributed by atoms with Gasteiger partial charge in [0.1, 0.15) is 11.4 Å². The van der Waals surface area contributed by atoms with Crippen LogP contribution in [0.1, 0.15) is 38.9 Å². The molecule has 5 rings (SSSR count). The number of amides is 1. The maximum atomic E-state index is 13.6. The molecule has 31 heavy (non-hydrogen) atoms. The molecule has 2 heterocycles. The van der Waals surface area contributed by atoms with E-state index in [2.05, 4.69) is 15.9 Å². The van der Waals surface area contributed by atoms with Gasteiger partial charge in [-0.15, -0.1) is 0 Å². The zero-order chi connectivity index (χ0) is 21.9. The fourth-order valence-electron chi connectivity index (χ4n) is 4.06. The first-order valence-electron chi connectivity index (χ1n) is 9.77. The van der Waals surface area contributed by atoms with E-state index in [1.165, 1.54) is 29.2 Å². The number of anilines is 1.